The third kappa shape index (κ3) is 4.19. The molecule has 2 aromatic heterocycles. The number of carbonyl (C=O) groups excluding carboxylic acids is 2. The molecule has 0 spiro atoms. The van der Waals surface area contributed by atoms with Gasteiger partial charge in [0.2, 0.25) is 5.91 Å². The first-order valence-corrected chi connectivity index (χ1v) is 10.9. The van der Waals surface area contributed by atoms with Crippen molar-refractivity contribution in [3.63, 3.8) is 0 Å². The van der Waals surface area contributed by atoms with Gasteiger partial charge >= 0.3 is 6.03 Å². The van der Waals surface area contributed by atoms with Crippen LogP contribution in [0.4, 0.5) is 4.79 Å². The Kier molecular flexibility index (Phi) is 5.78. The number of carbonyl (C=O) groups is 2. The van der Waals surface area contributed by atoms with Crippen LogP contribution in [0.2, 0.25) is 0 Å². The Balaban J connectivity index is 1.79. The number of rotatable bonds is 5. The van der Waals surface area contributed by atoms with Gasteiger partial charge in [0, 0.05) is 10.9 Å². The smallest absolute Gasteiger partial charge is 0.318 e. The van der Waals surface area contributed by atoms with Gasteiger partial charge in [-0.3, -0.25) is 10.1 Å². The molecule has 2 heterocycles. The zero-order chi connectivity index (χ0) is 21.1. The highest BCUT2D eigenvalue weighted by Gasteiger charge is 2.26. The van der Waals surface area contributed by atoms with Gasteiger partial charge in [0.05, 0.1) is 5.39 Å². The van der Waals surface area contributed by atoms with E-state index in [0.717, 1.165) is 26.9 Å². The molecule has 3 amide bonds. The Morgan fingerprint density at radius 3 is 2.50 bits per heavy atom. The van der Waals surface area contributed by atoms with Gasteiger partial charge in [0.1, 0.15) is 21.4 Å². The Morgan fingerprint density at radius 1 is 1.07 bits per heavy atom. The van der Waals surface area contributed by atoms with Crippen molar-refractivity contribution in [3.05, 3.63) is 77.4 Å². The second-order valence-corrected chi connectivity index (χ2v) is 8.59. The number of urea groups is 1. The summed E-state index contributed by atoms with van der Waals surface area (Å²) in [6, 6.07) is 16.6. The Bertz CT molecular complexity index is 1210. The predicted octanol–water partition coefficient (Wildman–Crippen LogP) is 4.70. The molecule has 4 rings (SSSR count). The number of hydrogen-bond donors (Lipinski definition) is 2. The normalized spacial score (nSPS) is 11.9. The van der Waals surface area contributed by atoms with Crippen LogP contribution in [0.1, 0.15) is 16.4 Å². The number of aromatic nitrogens is 2. The van der Waals surface area contributed by atoms with E-state index in [0.29, 0.717) is 5.03 Å². The highest BCUT2D eigenvalue weighted by Crippen LogP contribution is 2.42. The number of nitrogens with zero attached hydrogens (tertiary/aromatic N) is 2. The lowest BCUT2D eigenvalue weighted by molar-refractivity contribution is -0.119. The highest BCUT2D eigenvalue weighted by molar-refractivity contribution is 8.00. The van der Waals surface area contributed by atoms with E-state index in [1.165, 1.54) is 35.0 Å². The van der Waals surface area contributed by atoms with E-state index in [1.54, 1.807) is 0 Å². The first-order valence-electron chi connectivity index (χ1n) is 9.14. The molecular weight excluding hydrogens is 416 g/mol. The summed E-state index contributed by atoms with van der Waals surface area (Å²) in [5.74, 6) is -0.488. The van der Waals surface area contributed by atoms with E-state index < -0.39 is 17.2 Å². The third-order valence-electron chi connectivity index (χ3n) is 4.51. The predicted molar refractivity (Wildman–Crippen MR) is 120 cm³/mol. The summed E-state index contributed by atoms with van der Waals surface area (Å²) in [4.78, 5) is 33.8. The number of thiophene rings is 1. The molecule has 0 fully saturated rings. The van der Waals surface area contributed by atoms with Crippen LogP contribution in [-0.2, 0) is 4.79 Å². The molecule has 2 aromatic carbocycles. The fourth-order valence-corrected chi connectivity index (χ4v) is 5.18. The minimum atomic E-state index is -0.884. The van der Waals surface area contributed by atoms with Gasteiger partial charge in [0.25, 0.3) is 0 Å². The van der Waals surface area contributed by atoms with Gasteiger partial charge in [-0.05, 0) is 18.1 Å². The molecule has 0 aliphatic heterocycles. The van der Waals surface area contributed by atoms with Crippen LogP contribution in [0.3, 0.4) is 0 Å². The average molecular weight is 435 g/mol. The van der Waals surface area contributed by atoms with Crippen LogP contribution in [-0.4, -0.2) is 21.9 Å². The van der Waals surface area contributed by atoms with Crippen LogP contribution >= 0.6 is 23.1 Å². The van der Waals surface area contributed by atoms with Crippen LogP contribution in [0.25, 0.3) is 21.3 Å². The molecule has 0 saturated carbocycles. The standard InChI is InChI=1S/C22H18N4O2S2/c1-13-7-9-14(10-8-13)16-11-29-20-17(16)21(25-12-24-20)30-18(19(27)26-22(23)28)15-5-3-2-4-6-15/h2-12,18H,1H3,(H3,23,26,27,28). The minimum absolute atomic E-state index is 0.488. The number of fused-ring (bicyclic) bond motifs is 1. The van der Waals surface area contributed by atoms with Gasteiger partial charge in [-0.25, -0.2) is 14.8 Å². The quantitative estimate of drug-likeness (QED) is 0.351. The summed E-state index contributed by atoms with van der Waals surface area (Å²) in [6.45, 7) is 2.04. The summed E-state index contributed by atoms with van der Waals surface area (Å²) in [5, 5.41) is 5.12. The summed E-state index contributed by atoms with van der Waals surface area (Å²) in [7, 11) is 0. The summed E-state index contributed by atoms with van der Waals surface area (Å²) in [5.41, 5.74) is 9.18. The van der Waals surface area contributed by atoms with Crippen molar-refractivity contribution in [1.82, 2.24) is 15.3 Å². The maximum absolute atomic E-state index is 12.8. The van der Waals surface area contributed by atoms with E-state index >= 15 is 0 Å². The Morgan fingerprint density at radius 2 is 1.80 bits per heavy atom. The lowest BCUT2D eigenvalue weighted by atomic mass is 10.1. The second kappa shape index (κ2) is 8.64. The van der Waals surface area contributed by atoms with Crippen molar-refractivity contribution in [3.8, 4) is 11.1 Å². The topological polar surface area (TPSA) is 98.0 Å². The molecule has 150 valence electrons. The number of nitrogens with two attached hydrogens (primary N) is 1. The summed E-state index contributed by atoms with van der Waals surface area (Å²) in [6.07, 6.45) is 1.49. The van der Waals surface area contributed by atoms with E-state index in [1.807, 2.05) is 37.3 Å². The molecule has 0 aliphatic carbocycles. The SMILES string of the molecule is Cc1ccc(-c2csc3ncnc(SC(C(=O)NC(N)=O)c4ccccc4)c23)cc1. The van der Waals surface area contributed by atoms with Crippen molar-refractivity contribution < 1.29 is 9.59 Å². The molecule has 0 radical (unpaired) electrons. The molecule has 8 heteroatoms. The van der Waals surface area contributed by atoms with Crippen molar-refractivity contribution in [2.75, 3.05) is 0 Å². The van der Waals surface area contributed by atoms with Crippen LogP contribution < -0.4 is 11.1 Å². The number of benzene rings is 2. The van der Waals surface area contributed by atoms with Crippen molar-refractivity contribution in [1.29, 1.82) is 0 Å². The van der Waals surface area contributed by atoms with Crippen LogP contribution in [0.15, 0.2) is 71.3 Å². The van der Waals surface area contributed by atoms with Gasteiger partial charge in [-0.2, -0.15) is 0 Å². The fraction of sp³-hybridized carbons (Fsp3) is 0.0909. The number of hydrogen-bond acceptors (Lipinski definition) is 6. The van der Waals surface area contributed by atoms with Crippen molar-refractivity contribution >= 4 is 45.3 Å². The zero-order valence-electron chi connectivity index (χ0n) is 16.0. The number of nitrogens with one attached hydrogen (secondary N) is 1. The second-order valence-electron chi connectivity index (χ2n) is 6.64. The first-order chi connectivity index (χ1) is 14.5. The monoisotopic (exact) mass is 434 g/mol. The maximum atomic E-state index is 12.8. The molecule has 0 aliphatic rings. The third-order valence-corrected chi connectivity index (χ3v) is 6.66. The highest BCUT2D eigenvalue weighted by atomic mass is 32.2. The molecule has 30 heavy (non-hydrogen) atoms. The zero-order valence-corrected chi connectivity index (χ0v) is 17.7. The van der Waals surface area contributed by atoms with Crippen LogP contribution in [0.5, 0.6) is 0 Å². The van der Waals surface area contributed by atoms with Gasteiger partial charge in [0.15, 0.2) is 0 Å². The summed E-state index contributed by atoms with van der Waals surface area (Å²) >= 11 is 2.80. The first kappa shape index (κ1) is 20.1. The average Bonchev–Trinajstić information content (AvgIpc) is 3.17. The van der Waals surface area contributed by atoms with Gasteiger partial charge in [-0.15, -0.1) is 11.3 Å². The van der Waals surface area contributed by atoms with Crippen molar-refractivity contribution in [2.45, 2.75) is 17.2 Å². The number of thioether (sulfide) groups is 1. The van der Waals surface area contributed by atoms with Crippen LogP contribution in [0, 0.1) is 6.92 Å². The maximum Gasteiger partial charge on any atom is 0.318 e. The fourth-order valence-electron chi connectivity index (χ4n) is 3.08. The Labute approximate surface area is 181 Å². The molecule has 4 aromatic rings. The number of aryl methyl sites for hydroxylation is 1. The van der Waals surface area contributed by atoms with E-state index in [9.17, 15) is 9.59 Å². The number of imide groups is 1. The molecular formula is C22H18N4O2S2. The van der Waals surface area contributed by atoms with E-state index in [-0.39, 0.29) is 0 Å². The lowest BCUT2D eigenvalue weighted by Gasteiger charge is -2.16. The molecule has 1 atom stereocenters. The molecule has 0 bridgehead atoms. The van der Waals surface area contributed by atoms with Gasteiger partial charge in [-0.1, -0.05) is 71.9 Å². The molecule has 0 saturated heterocycles. The number of amides is 3. The minimum Gasteiger partial charge on any atom is -0.351 e. The number of primary amides is 1. The molecule has 3 N–H and O–H groups in total. The van der Waals surface area contributed by atoms with E-state index in [4.69, 9.17) is 5.73 Å². The van der Waals surface area contributed by atoms with Crippen molar-refractivity contribution in [2.24, 2.45) is 5.73 Å². The van der Waals surface area contributed by atoms with Gasteiger partial charge < -0.3 is 5.73 Å². The largest absolute Gasteiger partial charge is 0.351 e. The molecule has 1 unspecified atom stereocenters. The Hall–Kier alpha value is -3.23. The summed E-state index contributed by atoms with van der Waals surface area (Å²) < 4.78 is 0. The molecule has 6 nitrogen and oxygen atoms in total. The van der Waals surface area contributed by atoms with E-state index in [2.05, 4.69) is 44.9 Å². The lowest BCUT2D eigenvalue weighted by Crippen LogP contribution is -2.37.